The molecule has 0 unspecified atom stereocenters. The van der Waals surface area contributed by atoms with Crippen LogP contribution >= 0.6 is 11.3 Å². The minimum atomic E-state index is -0.379. The molecule has 0 bridgehead atoms. The number of aliphatic hydroxyl groups excluding tert-OH is 1. The van der Waals surface area contributed by atoms with Crippen molar-refractivity contribution < 1.29 is 9.90 Å². The minimum absolute atomic E-state index is 0.0585. The molecule has 1 aliphatic rings. The summed E-state index contributed by atoms with van der Waals surface area (Å²) >= 11 is 1.56. The summed E-state index contributed by atoms with van der Waals surface area (Å²) in [5, 5.41) is 15.6. The molecule has 3 rings (SSSR count). The molecule has 0 saturated carbocycles. The summed E-state index contributed by atoms with van der Waals surface area (Å²) in [5.74, 6) is -0.0585. The van der Waals surface area contributed by atoms with Gasteiger partial charge in [0.05, 0.1) is 16.5 Å². The molecule has 1 fully saturated rings. The molecule has 1 N–H and O–H groups in total. The molecular weight excluding hydrogens is 250 g/mol. The van der Waals surface area contributed by atoms with E-state index in [0.717, 1.165) is 10.6 Å². The maximum absolute atomic E-state index is 12.3. The molecule has 1 amide bonds. The quantitative estimate of drug-likeness (QED) is 0.878. The highest BCUT2D eigenvalue weighted by Crippen LogP contribution is 2.28. The first kappa shape index (κ1) is 11.4. The third-order valence-electron chi connectivity index (χ3n) is 2.96. The van der Waals surface area contributed by atoms with Crippen LogP contribution in [0.15, 0.2) is 23.7 Å². The van der Waals surface area contributed by atoms with Crippen LogP contribution in [0.1, 0.15) is 10.4 Å². The first-order chi connectivity index (χ1) is 8.65. The number of nitrogens with zero attached hydrogens (tertiary/aromatic N) is 3. The SMILES string of the molecule is Cn1cc(C(=O)N2CC(O)C2)c(-c2cccs2)n1. The van der Waals surface area contributed by atoms with E-state index in [1.165, 1.54) is 0 Å². The second-order valence-electron chi connectivity index (χ2n) is 4.41. The highest BCUT2D eigenvalue weighted by molar-refractivity contribution is 7.13. The van der Waals surface area contributed by atoms with Gasteiger partial charge in [0, 0.05) is 26.3 Å². The van der Waals surface area contributed by atoms with E-state index in [9.17, 15) is 9.90 Å². The fourth-order valence-corrected chi connectivity index (χ4v) is 2.76. The Morgan fingerprint density at radius 1 is 1.56 bits per heavy atom. The molecule has 18 heavy (non-hydrogen) atoms. The molecule has 0 aromatic carbocycles. The lowest BCUT2D eigenvalue weighted by Crippen LogP contribution is -2.53. The van der Waals surface area contributed by atoms with Crippen LogP contribution in [-0.4, -0.2) is 44.9 Å². The van der Waals surface area contributed by atoms with Crippen LogP contribution in [0.3, 0.4) is 0 Å². The molecule has 1 aliphatic heterocycles. The van der Waals surface area contributed by atoms with E-state index in [4.69, 9.17) is 0 Å². The third kappa shape index (κ3) is 1.83. The van der Waals surface area contributed by atoms with Crippen LogP contribution in [0.5, 0.6) is 0 Å². The Morgan fingerprint density at radius 3 is 2.94 bits per heavy atom. The topological polar surface area (TPSA) is 58.4 Å². The van der Waals surface area contributed by atoms with Crippen LogP contribution in [0, 0.1) is 0 Å². The van der Waals surface area contributed by atoms with E-state index in [1.807, 2.05) is 17.5 Å². The standard InChI is InChI=1S/C12H13N3O2S/c1-14-7-9(12(17)15-5-8(16)6-15)11(13-14)10-3-2-4-18-10/h2-4,7-8,16H,5-6H2,1H3. The van der Waals surface area contributed by atoms with Gasteiger partial charge < -0.3 is 10.0 Å². The normalized spacial score (nSPS) is 15.8. The summed E-state index contributed by atoms with van der Waals surface area (Å²) < 4.78 is 1.65. The highest BCUT2D eigenvalue weighted by Gasteiger charge is 2.32. The Hall–Kier alpha value is -1.66. The Balaban J connectivity index is 1.94. The van der Waals surface area contributed by atoms with Crippen LogP contribution in [0.4, 0.5) is 0 Å². The van der Waals surface area contributed by atoms with Gasteiger partial charge in [-0.05, 0) is 11.4 Å². The lowest BCUT2D eigenvalue weighted by atomic mass is 10.1. The molecule has 3 heterocycles. The number of likely N-dealkylation sites (tertiary alicyclic amines) is 1. The lowest BCUT2D eigenvalue weighted by Gasteiger charge is -2.35. The number of aliphatic hydroxyl groups is 1. The van der Waals surface area contributed by atoms with E-state index >= 15 is 0 Å². The van der Waals surface area contributed by atoms with E-state index < -0.39 is 0 Å². The fraction of sp³-hybridized carbons (Fsp3) is 0.333. The smallest absolute Gasteiger partial charge is 0.257 e. The number of β-amino-alcohol motifs (C(OH)–C–C–N with tert-alkyl or cyclic N) is 1. The Morgan fingerprint density at radius 2 is 2.33 bits per heavy atom. The maximum Gasteiger partial charge on any atom is 0.257 e. The zero-order valence-electron chi connectivity index (χ0n) is 9.91. The molecule has 0 radical (unpaired) electrons. The number of carbonyl (C=O) groups excluding carboxylic acids is 1. The number of thiophene rings is 1. The van der Waals surface area contributed by atoms with Crippen LogP contribution in [-0.2, 0) is 7.05 Å². The van der Waals surface area contributed by atoms with Crippen molar-refractivity contribution in [1.82, 2.24) is 14.7 Å². The zero-order valence-corrected chi connectivity index (χ0v) is 10.7. The lowest BCUT2D eigenvalue weighted by molar-refractivity contribution is 0.00594. The van der Waals surface area contributed by atoms with Crippen LogP contribution < -0.4 is 0 Å². The number of carbonyl (C=O) groups is 1. The molecule has 5 nitrogen and oxygen atoms in total. The van der Waals surface area contributed by atoms with Crippen LogP contribution in [0.25, 0.3) is 10.6 Å². The van der Waals surface area contributed by atoms with E-state index in [2.05, 4.69) is 5.10 Å². The summed E-state index contributed by atoms with van der Waals surface area (Å²) in [5.41, 5.74) is 1.32. The molecule has 1 saturated heterocycles. The fourth-order valence-electron chi connectivity index (χ4n) is 2.03. The number of hydrogen-bond donors (Lipinski definition) is 1. The van der Waals surface area contributed by atoms with Gasteiger partial charge in [0.1, 0.15) is 5.69 Å². The van der Waals surface area contributed by atoms with Crippen LogP contribution in [0.2, 0.25) is 0 Å². The van der Waals surface area contributed by atoms with E-state index in [1.54, 1.807) is 34.2 Å². The summed E-state index contributed by atoms with van der Waals surface area (Å²) in [6.07, 6.45) is 1.36. The number of aryl methyl sites for hydroxylation is 1. The van der Waals surface area contributed by atoms with Crippen molar-refractivity contribution >= 4 is 17.2 Å². The Kier molecular flexibility index (Phi) is 2.68. The molecule has 6 heteroatoms. The molecule has 0 spiro atoms. The van der Waals surface area contributed by atoms with Crippen molar-refractivity contribution in [3.63, 3.8) is 0 Å². The summed E-state index contributed by atoms with van der Waals surface area (Å²) in [4.78, 5) is 14.9. The maximum atomic E-state index is 12.3. The average Bonchev–Trinajstić information content (AvgIpc) is 2.92. The summed E-state index contributed by atoms with van der Waals surface area (Å²) in [6.45, 7) is 0.829. The van der Waals surface area contributed by atoms with Crippen molar-refractivity contribution in [2.75, 3.05) is 13.1 Å². The number of rotatable bonds is 2. The van der Waals surface area contributed by atoms with Gasteiger partial charge in [0.25, 0.3) is 5.91 Å². The predicted molar refractivity (Wildman–Crippen MR) is 68.4 cm³/mol. The van der Waals surface area contributed by atoms with Crippen molar-refractivity contribution in [2.24, 2.45) is 7.05 Å². The minimum Gasteiger partial charge on any atom is -0.389 e. The van der Waals surface area contributed by atoms with E-state index in [0.29, 0.717) is 18.7 Å². The molecule has 94 valence electrons. The van der Waals surface area contributed by atoms with Gasteiger partial charge in [0.15, 0.2) is 0 Å². The van der Waals surface area contributed by atoms with Gasteiger partial charge in [-0.2, -0.15) is 5.10 Å². The molecular formula is C12H13N3O2S. The third-order valence-corrected chi connectivity index (χ3v) is 3.84. The number of aromatic nitrogens is 2. The van der Waals surface area contributed by atoms with Gasteiger partial charge in [0.2, 0.25) is 0 Å². The monoisotopic (exact) mass is 263 g/mol. The zero-order chi connectivity index (χ0) is 12.7. The van der Waals surface area contributed by atoms with Crippen molar-refractivity contribution in [3.05, 3.63) is 29.3 Å². The highest BCUT2D eigenvalue weighted by atomic mass is 32.1. The van der Waals surface area contributed by atoms with Crippen molar-refractivity contribution in [1.29, 1.82) is 0 Å². The second kappa shape index (κ2) is 4.22. The number of amides is 1. The Bertz CT molecular complexity index is 570. The van der Waals surface area contributed by atoms with Crippen molar-refractivity contribution in [3.8, 4) is 10.6 Å². The van der Waals surface area contributed by atoms with Gasteiger partial charge >= 0.3 is 0 Å². The number of hydrogen-bond acceptors (Lipinski definition) is 4. The largest absolute Gasteiger partial charge is 0.389 e. The van der Waals surface area contributed by atoms with Gasteiger partial charge in [-0.1, -0.05) is 6.07 Å². The Labute approximate surface area is 108 Å². The van der Waals surface area contributed by atoms with Crippen molar-refractivity contribution in [2.45, 2.75) is 6.10 Å². The molecule has 2 aromatic rings. The average molecular weight is 263 g/mol. The molecule has 2 aromatic heterocycles. The van der Waals surface area contributed by atoms with E-state index in [-0.39, 0.29) is 12.0 Å². The summed E-state index contributed by atoms with van der Waals surface area (Å²) in [7, 11) is 1.80. The first-order valence-corrected chi connectivity index (χ1v) is 6.58. The summed E-state index contributed by atoms with van der Waals surface area (Å²) in [6, 6.07) is 3.89. The first-order valence-electron chi connectivity index (χ1n) is 5.70. The van der Waals surface area contributed by atoms with Gasteiger partial charge in [-0.3, -0.25) is 9.48 Å². The molecule has 0 aliphatic carbocycles. The second-order valence-corrected chi connectivity index (χ2v) is 5.35. The molecule has 0 atom stereocenters. The van der Waals surface area contributed by atoms with Gasteiger partial charge in [-0.15, -0.1) is 11.3 Å². The predicted octanol–water partition coefficient (Wildman–Crippen LogP) is 0.965. The van der Waals surface area contributed by atoms with Gasteiger partial charge in [-0.25, -0.2) is 0 Å².